The zero-order valence-electron chi connectivity index (χ0n) is 27.5. The van der Waals surface area contributed by atoms with Crippen molar-refractivity contribution in [3.63, 3.8) is 0 Å². The van der Waals surface area contributed by atoms with E-state index in [1.165, 1.54) is 18.9 Å². The van der Waals surface area contributed by atoms with Crippen molar-refractivity contribution in [2.75, 3.05) is 27.5 Å². The van der Waals surface area contributed by atoms with Gasteiger partial charge in [0.1, 0.15) is 11.8 Å². The van der Waals surface area contributed by atoms with Crippen LogP contribution in [0.25, 0.3) is 0 Å². The van der Waals surface area contributed by atoms with Gasteiger partial charge in [-0.25, -0.2) is 0 Å². The third-order valence-corrected chi connectivity index (χ3v) is 11.4. The lowest BCUT2D eigenvalue weighted by molar-refractivity contribution is -0.132. The average Bonchev–Trinajstić information content (AvgIpc) is 3.66. The van der Waals surface area contributed by atoms with Crippen LogP contribution in [0.4, 0.5) is 0 Å². The van der Waals surface area contributed by atoms with Crippen molar-refractivity contribution in [2.45, 2.75) is 63.8 Å². The van der Waals surface area contributed by atoms with Crippen LogP contribution < -0.4 is 18.9 Å². The summed E-state index contributed by atoms with van der Waals surface area (Å²) in [5, 5.41) is 23.2. The third-order valence-electron chi connectivity index (χ3n) is 10.9. The van der Waals surface area contributed by atoms with Gasteiger partial charge in [-0.05, 0) is 51.4 Å². The number of methoxy groups -OCH3 is 1. The molecule has 0 saturated carbocycles. The Bertz CT molecular complexity index is 2020. The molecule has 12 nitrogen and oxygen atoms in total. The maximum absolute atomic E-state index is 13.8. The highest BCUT2D eigenvalue weighted by atomic mass is 35.5. The molecule has 2 amide bonds. The van der Waals surface area contributed by atoms with Gasteiger partial charge in [-0.3, -0.25) is 29.1 Å². The van der Waals surface area contributed by atoms with Crippen molar-refractivity contribution in [3.05, 3.63) is 73.8 Å². The van der Waals surface area contributed by atoms with Crippen LogP contribution in [0.3, 0.4) is 0 Å². The molecule has 1 saturated heterocycles. The predicted molar refractivity (Wildman–Crippen MR) is 174 cm³/mol. The van der Waals surface area contributed by atoms with Crippen LogP contribution in [0.5, 0.6) is 28.7 Å². The number of esters is 1. The number of nitrogens with zero attached hydrogens (tertiary/aromatic N) is 4. The van der Waals surface area contributed by atoms with Gasteiger partial charge >= 0.3 is 5.97 Å². The fourth-order valence-electron chi connectivity index (χ4n) is 8.88. The summed E-state index contributed by atoms with van der Waals surface area (Å²) in [5.41, 5.74) is 4.35. The number of hydrogen-bond donors (Lipinski definition) is 1. The van der Waals surface area contributed by atoms with Gasteiger partial charge in [-0.2, -0.15) is 5.26 Å². The second-order valence-electron chi connectivity index (χ2n) is 13.2. The summed E-state index contributed by atoms with van der Waals surface area (Å²) >= 11 is 6.98. The van der Waals surface area contributed by atoms with Crippen LogP contribution in [0.15, 0.2) is 24.3 Å². The highest BCUT2D eigenvalue weighted by Gasteiger charge is 2.58. The molecule has 5 heterocycles. The maximum atomic E-state index is 13.8. The Morgan fingerprint density at radius 2 is 1.67 bits per heavy atom. The van der Waals surface area contributed by atoms with Crippen molar-refractivity contribution in [3.8, 4) is 34.8 Å². The monoisotopic (exact) mass is 684 g/mol. The van der Waals surface area contributed by atoms with E-state index < -0.39 is 42.0 Å². The Hall–Kier alpha value is -4.83. The number of imide groups is 1. The Labute approximate surface area is 287 Å². The molecule has 5 atom stereocenters. The molecule has 3 aromatic rings. The molecule has 1 N–H and O–H groups in total. The zero-order valence-corrected chi connectivity index (χ0v) is 28.3. The first-order valence-corrected chi connectivity index (χ1v) is 16.4. The number of piperazine rings is 1. The van der Waals surface area contributed by atoms with E-state index in [0.29, 0.717) is 67.6 Å². The van der Waals surface area contributed by atoms with Gasteiger partial charge in [0, 0.05) is 53.4 Å². The minimum Gasteiger partial charge on any atom is -0.504 e. The van der Waals surface area contributed by atoms with Crippen LogP contribution in [0.1, 0.15) is 73.1 Å². The topological polar surface area (TPSA) is 142 Å². The molecular weight excluding hydrogens is 652 g/mol. The number of halogens is 1. The van der Waals surface area contributed by atoms with Gasteiger partial charge in [-0.15, -0.1) is 0 Å². The average molecular weight is 685 g/mol. The minimum absolute atomic E-state index is 0.0326. The molecule has 0 aromatic heterocycles. The van der Waals surface area contributed by atoms with Crippen LogP contribution >= 0.6 is 11.6 Å². The maximum Gasteiger partial charge on any atom is 0.308 e. The summed E-state index contributed by atoms with van der Waals surface area (Å²) in [6.07, 6.45) is 0.624. The fraction of sp³-hybridized carbons (Fsp3) is 0.389. The molecule has 8 rings (SSSR count). The fourth-order valence-corrected chi connectivity index (χ4v) is 9.15. The standard InChI is InChI=1S/C36H33ClN4O8/c1-15-28(37)20-10-22-24(12-38)41-23(29(39(22)4)27(20)30(43)32(15)46-5)11-21-26(34-33(47-14-48-34)16(2)31(21)49-17(3)42)25(41)13-40-35(44)18-8-6-7-9-19(18)36(40)45/h6-9,22-25,29,43H,10-11,13-14H2,1-5H3/t22?,23-,24-,25-,29-/m0/s1. The number of rotatable bonds is 4. The van der Waals surface area contributed by atoms with Crippen molar-refractivity contribution in [2.24, 2.45) is 0 Å². The number of nitriles is 1. The van der Waals surface area contributed by atoms with Crippen LogP contribution in [-0.2, 0) is 17.6 Å². The van der Waals surface area contributed by atoms with Crippen molar-refractivity contribution < 1.29 is 38.4 Å². The predicted octanol–water partition coefficient (Wildman–Crippen LogP) is 4.39. The highest BCUT2D eigenvalue weighted by Crippen LogP contribution is 2.59. The van der Waals surface area contributed by atoms with Crippen molar-refractivity contribution in [1.82, 2.24) is 14.7 Å². The summed E-state index contributed by atoms with van der Waals surface area (Å²) < 4.78 is 23.5. The van der Waals surface area contributed by atoms with Crippen LogP contribution in [-0.4, -0.2) is 83.2 Å². The number of fused-ring (bicyclic) bond motifs is 10. The Balaban J connectivity index is 1.39. The number of phenols is 1. The highest BCUT2D eigenvalue weighted by molar-refractivity contribution is 6.32. The molecule has 252 valence electrons. The van der Waals surface area contributed by atoms with E-state index in [2.05, 4.69) is 15.9 Å². The van der Waals surface area contributed by atoms with E-state index in [1.54, 1.807) is 38.1 Å². The number of amides is 2. The quantitative estimate of drug-likeness (QED) is 0.238. The minimum atomic E-state index is -0.781. The SMILES string of the molecule is COc1c(C)c(Cl)c2c(c1O)[C@@H]1[C@@H]3Cc4c(OC(C)=O)c(C)c5c(c4[C@H](CN4C(=O)c6ccccc6C4=O)N3[C@@H](C#N)C(C2)N1C)OCO5. The first kappa shape index (κ1) is 31.4. The summed E-state index contributed by atoms with van der Waals surface area (Å²) in [6.45, 7) is 4.69. The molecule has 0 aliphatic carbocycles. The van der Waals surface area contributed by atoms with Crippen molar-refractivity contribution >= 4 is 29.4 Å². The van der Waals surface area contributed by atoms with E-state index in [4.69, 9.17) is 30.5 Å². The molecule has 13 heteroatoms. The second-order valence-corrected chi connectivity index (χ2v) is 13.6. The number of ether oxygens (including phenoxy) is 4. The van der Waals surface area contributed by atoms with E-state index in [0.717, 1.165) is 5.56 Å². The normalized spacial score (nSPS) is 24.9. The van der Waals surface area contributed by atoms with E-state index in [-0.39, 0.29) is 37.3 Å². The summed E-state index contributed by atoms with van der Waals surface area (Å²) in [5.74, 6) is -0.0560. The Morgan fingerprint density at radius 3 is 2.31 bits per heavy atom. The van der Waals surface area contributed by atoms with Crippen LogP contribution in [0.2, 0.25) is 5.02 Å². The number of benzene rings is 3. The molecule has 3 aromatic carbocycles. The van der Waals surface area contributed by atoms with E-state index in [1.807, 2.05) is 7.05 Å². The summed E-state index contributed by atoms with van der Waals surface area (Å²) in [6, 6.07) is 6.28. The van der Waals surface area contributed by atoms with E-state index in [9.17, 15) is 24.8 Å². The van der Waals surface area contributed by atoms with Crippen molar-refractivity contribution in [1.29, 1.82) is 5.26 Å². The molecular formula is C36H33ClN4O8. The van der Waals surface area contributed by atoms with Gasteiger partial charge in [0.15, 0.2) is 23.0 Å². The van der Waals surface area contributed by atoms with Crippen LogP contribution in [0, 0.1) is 25.2 Å². The number of likely N-dealkylation sites (N-methyl/N-ethyl adjacent to an activating group) is 1. The Morgan fingerprint density at radius 1 is 1.02 bits per heavy atom. The first-order valence-electron chi connectivity index (χ1n) is 16.0. The number of carbonyl (C=O) groups excluding carboxylic acids is 3. The van der Waals surface area contributed by atoms with Gasteiger partial charge in [0.05, 0.1) is 41.4 Å². The van der Waals surface area contributed by atoms with Gasteiger partial charge in [0.25, 0.3) is 11.8 Å². The Kier molecular flexibility index (Phi) is 7.12. The largest absolute Gasteiger partial charge is 0.504 e. The smallest absolute Gasteiger partial charge is 0.308 e. The third kappa shape index (κ3) is 4.19. The van der Waals surface area contributed by atoms with Gasteiger partial charge < -0.3 is 24.1 Å². The van der Waals surface area contributed by atoms with Gasteiger partial charge in [-0.1, -0.05) is 23.7 Å². The molecule has 49 heavy (non-hydrogen) atoms. The molecule has 1 unspecified atom stereocenters. The number of carbonyl (C=O) groups is 3. The summed E-state index contributed by atoms with van der Waals surface area (Å²) in [4.78, 5) is 45.6. The first-order chi connectivity index (χ1) is 23.5. The lowest BCUT2D eigenvalue weighted by atomic mass is 9.71. The molecule has 5 aliphatic rings. The number of phenolic OH excluding ortho intramolecular Hbond substituents is 1. The second kappa shape index (κ2) is 11.1. The lowest BCUT2D eigenvalue weighted by Crippen LogP contribution is -2.69. The number of hydrogen-bond acceptors (Lipinski definition) is 11. The number of aromatic hydroxyl groups is 1. The molecule has 0 radical (unpaired) electrons. The molecule has 0 spiro atoms. The summed E-state index contributed by atoms with van der Waals surface area (Å²) in [7, 11) is 3.40. The molecule has 1 fully saturated rings. The van der Waals surface area contributed by atoms with Gasteiger partial charge in [0.2, 0.25) is 6.79 Å². The lowest BCUT2D eigenvalue weighted by Gasteiger charge is -2.60. The van der Waals surface area contributed by atoms with E-state index >= 15 is 0 Å². The molecule has 5 aliphatic heterocycles. The zero-order chi connectivity index (χ0) is 34.6. The molecule has 2 bridgehead atoms.